The molecule has 2 heterocycles. The summed E-state index contributed by atoms with van der Waals surface area (Å²) in [6.45, 7) is 3.56. The Morgan fingerprint density at radius 1 is 1.44 bits per heavy atom. The second kappa shape index (κ2) is 5.08. The lowest BCUT2D eigenvalue weighted by molar-refractivity contribution is 0.245. The van der Waals surface area contributed by atoms with Gasteiger partial charge in [0.15, 0.2) is 0 Å². The lowest BCUT2D eigenvalue weighted by atomic mass is 10.1. The Morgan fingerprint density at radius 3 is 3.17 bits per heavy atom. The number of halogens is 1. The van der Waals surface area contributed by atoms with Crippen LogP contribution in [0.3, 0.4) is 0 Å². The van der Waals surface area contributed by atoms with Crippen LogP contribution in [0.25, 0.3) is 0 Å². The summed E-state index contributed by atoms with van der Waals surface area (Å²) in [6.07, 6.45) is 3.43. The molecule has 18 heavy (non-hydrogen) atoms. The smallest absolute Gasteiger partial charge is 0.127 e. The van der Waals surface area contributed by atoms with Crippen LogP contribution in [0.4, 0.5) is 0 Å². The zero-order chi connectivity index (χ0) is 12.5. The van der Waals surface area contributed by atoms with Crippen molar-refractivity contribution >= 4 is 11.6 Å². The molecule has 1 fully saturated rings. The van der Waals surface area contributed by atoms with Crippen LogP contribution < -0.4 is 10.5 Å². The van der Waals surface area contributed by atoms with E-state index in [4.69, 9.17) is 22.1 Å². The molecular formula is C14H19ClN2O. The molecule has 0 spiro atoms. The summed E-state index contributed by atoms with van der Waals surface area (Å²) < 4.78 is 5.75. The molecular weight excluding hydrogens is 248 g/mol. The molecule has 0 saturated carbocycles. The lowest BCUT2D eigenvalue weighted by Gasteiger charge is -2.24. The first kappa shape index (κ1) is 12.3. The standard InChI is InChI=1S/C14H19ClN2O/c15-12-6-10-3-5-18-14(10)11(7-12)9-17-4-1-2-13(17)8-16/h6-7,13H,1-5,8-9,16H2. The average Bonchev–Trinajstić information content (AvgIpc) is 2.96. The van der Waals surface area contributed by atoms with Crippen molar-refractivity contribution < 1.29 is 4.74 Å². The van der Waals surface area contributed by atoms with Gasteiger partial charge in [-0.05, 0) is 37.1 Å². The highest BCUT2D eigenvalue weighted by Gasteiger charge is 2.26. The predicted molar refractivity (Wildman–Crippen MR) is 73.1 cm³/mol. The van der Waals surface area contributed by atoms with Gasteiger partial charge in [0, 0.05) is 36.1 Å². The zero-order valence-corrected chi connectivity index (χ0v) is 11.2. The van der Waals surface area contributed by atoms with E-state index in [1.165, 1.54) is 24.0 Å². The number of hydrogen-bond donors (Lipinski definition) is 1. The number of fused-ring (bicyclic) bond motifs is 1. The van der Waals surface area contributed by atoms with E-state index in [9.17, 15) is 0 Å². The molecule has 1 unspecified atom stereocenters. The Bertz CT molecular complexity index is 450. The van der Waals surface area contributed by atoms with E-state index in [0.717, 1.165) is 43.4 Å². The topological polar surface area (TPSA) is 38.5 Å². The Balaban J connectivity index is 1.84. The van der Waals surface area contributed by atoms with Crippen LogP contribution in [0, 0.1) is 0 Å². The molecule has 3 rings (SSSR count). The molecule has 0 bridgehead atoms. The van der Waals surface area contributed by atoms with Crippen molar-refractivity contribution in [2.45, 2.75) is 31.8 Å². The van der Waals surface area contributed by atoms with E-state index in [0.29, 0.717) is 6.04 Å². The molecule has 1 atom stereocenters. The van der Waals surface area contributed by atoms with Gasteiger partial charge in [-0.1, -0.05) is 11.6 Å². The van der Waals surface area contributed by atoms with Gasteiger partial charge in [-0.3, -0.25) is 4.90 Å². The predicted octanol–water partition coefficient (Wildman–Crippen LogP) is 2.20. The van der Waals surface area contributed by atoms with Gasteiger partial charge in [0.2, 0.25) is 0 Å². The van der Waals surface area contributed by atoms with Gasteiger partial charge in [-0.15, -0.1) is 0 Å². The largest absolute Gasteiger partial charge is 0.493 e. The van der Waals surface area contributed by atoms with Gasteiger partial charge in [0.1, 0.15) is 5.75 Å². The van der Waals surface area contributed by atoms with Gasteiger partial charge in [-0.25, -0.2) is 0 Å². The van der Waals surface area contributed by atoms with Crippen molar-refractivity contribution in [2.24, 2.45) is 5.73 Å². The number of nitrogens with two attached hydrogens (primary N) is 1. The molecule has 1 saturated heterocycles. The minimum absolute atomic E-state index is 0.515. The minimum Gasteiger partial charge on any atom is -0.493 e. The number of rotatable bonds is 3. The quantitative estimate of drug-likeness (QED) is 0.912. The van der Waals surface area contributed by atoms with Gasteiger partial charge >= 0.3 is 0 Å². The molecule has 1 aromatic rings. The molecule has 2 N–H and O–H groups in total. The Kier molecular flexibility index (Phi) is 3.46. The first-order chi connectivity index (χ1) is 8.78. The fourth-order valence-corrected chi connectivity index (χ4v) is 3.32. The first-order valence-corrected chi connectivity index (χ1v) is 7.04. The fraction of sp³-hybridized carbons (Fsp3) is 0.571. The van der Waals surface area contributed by atoms with E-state index in [1.807, 2.05) is 12.1 Å². The monoisotopic (exact) mass is 266 g/mol. The summed E-state index contributed by atoms with van der Waals surface area (Å²) in [5.74, 6) is 1.06. The normalized spacial score (nSPS) is 23.1. The molecule has 4 heteroatoms. The third-order valence-electron chi connectivity index (χ3n) is 3.97. The Labute approximate surface area is 113 Å². The van der Waals surface area contributed by atoms with Crippen molar-refractivity contribution in [3.05, 3.63) is 28.3 Å². The first-order valence-electron chi connectivity index (χ1n) is 6.66. The van der Waals surface area contributed by atoms with Crippen molar-refractivity contribution in [2.75, 3.05) is 19.7 Å². The Morgan fingerprint density at radius 2 is 2.33 bits per heavy atom. The molecule has 0 aromatic heterocycles. The van der Waals surface area contributed by atoms with Crippen molar-refractivity contribution in [1.29, 1.82) is 0 Å². The molecule has 2 aliphatic heterocycles. The van der Waals surface area contributed by atoms with Crippen LogP contribution >= 0.6 is 11.6 Å². The lowest BCUT2D eigenvalue weighted by Crippen LogP contribution is -2.34. The van der Waals surface area contributed by atoms with E-state index in [-0.39, 0.29) is 0 Å². The van der Waals surface area contributed by atoms with Crippen LogP contribution in [-0.4, -0.2) is 30.6 Å². The number of ether oxygens (including phenoxy) is 1. The summed E-state index contributed by atoms with van der Waals surface area (Å²) in [4.78, 5) is 2.45. The second-order valence-electron chi connectivity index (χ2n) is 5.15. The third-order valence-corrected chi connectivity index (χ3v) is 4.19. The number of hydrogen-bond acceptors (Lipinski definition) is 3. The van der Waals surface area contributed by atoms with Crippen molar-refractivity contribution in [3.8, 4) is 5.75 Å². The molecule has 0 radical (unpaired) electrons. The van der Waals surface area contributed by atoms with Gasteiger partial charge < -0.3 is 10.5 Å². The summed E-state index contributed by atoms with van der Waals surface area (Å²) in [5, 5.41) is 0.817. The summed E-state index contributed by atoms with van der Waals surface area (Å²) in [6, 6.07) is 4.58. The molecule has 0 amide bonds. The number of likely N-dealkylation sites (tertiary alicyclic amines) is 1. The van der Waals surface area contributed by atoms with Crippen LogP contribution in [0.5, 0.6) is 5.75 Å². The number of nitrogens with zero attached hydrogens (tertiary/aromatic N) is 1. The summed E-state index contributed by atoms with van der Waals surface area (Å²) >= 11 is 6.19. The highest BCUT2D eigenvalue weighted by molar-refractivity contribution is 6.30. The number of benzene rings is 1. The Hall–Kier alpha value is -0.770. The van der Waals surface area contributed by atoms with E-state index in [2.05, 4.69) is 4.90 Å². The molecule has 0 aliphatic carbocycles. The fourth-order valence-electron chi connectivity index (χ4n) is 3.05. The van der Waals surface area contributed by atoms with Crippen LogP contribution in [0.15, 0.2) is 12.1 Å². The van der Waals surface area contributed by atoms with E-state index in [1.54, 1.807) is 0 Å². The van der Waals surface area contributed by atoms with E-state index >= 15 is 0 Å². The maximum atomic E-state index is 6.19. The van der Waals surface area contributed by atoms with Crippen molar-refractivity contribution in [3.63, 3.8) is 0 Å². The molecule has 1 aromatic carbocycles. The van der Waals surface area contributed by atoms with Crippen LogP contribution in [0.1, 0.15) is 24.0 Å². The maximum Gasteiger partial charge on any atom is 0.127 e. The highest BCUT2D eigenvalue weighted by atomic mass is 35.5. The molecule has 2 aliphatic rings. The summed E-state index contributed by atoms with van der Waals surface area (Å²) in [5.41, 5.74) is 8.29. The van der Waals surface area contributed by atoms with Gasteiger partial charge in [0.05, 0.1) is 6.61 Å². The van der Waals surface area contributed by atoms with Gasteiger partial charge in [0.25, 0.3) is 0 Å². The van der Waals surface area contributed by atoms with Crippen molar-refractivity contribution in [1.82, 2.24) is 4.90 Å². The average molecular weight is 267 g/mol. The SMILES string of the molecule is NCC1CCCN1Cc1cc(Cl)cc2c1OCC2. The van der Waals surface area contributed by atoms with Crippen LogP contribution in [-0.2, 0) is 13.0 Å². The van der Waals surface area contributed by atoms with Gasteiger partial charge in [-0.2, -0.15) is 0 Å². The summed E-state index contributed by atoms with van der Waals surface area (Å²) in [7, 11) is 0. The molecule has 98 valence electrons. The van der Waals surface area contributed by atoms with E-state index < -0.39 is 0 Å². The highest BCUT2D eigenvalue weighted by Crippen LogP contribution is 2.34. The zero-order valence-electron chi connectivity index (χ0n) is 10.5. The minimum atomic E-state index is 0.515. The second-order valence-corrected chi connectivity index (χ2v) is 5.59. The third kappa shape index (κ3) is 2.22. The van der Waals surface area contributed by atoms with Crippen LogP contribution in [0.2, 0.25) is 5.02 Å². The maximum absolute atomic E-state index is 6.19. The molecule has 3 nitrogen and oxygen atoms in total.